The van der Waals surface area contributed by atoms with Crippen molar-refractivity contribution in [2.75, 3.05) is 20.3 Å². The molecule has 4 heteroatoms. The first kappa shape index (κ1) is 11.7. The second-order valence-electron chi connectivity index (χ2n) is 3.23. The van der Waals surface area contributed by atoms with E-state index in [-0.39, 0.29) is 0 Å². The zero-order valence-electron chi connectivity index (χ0n) is 8.82. The summed E-state index contributed by atoms with van der Waals surface area (Å²) in [6.45, 7) is 2.18. The minimum atomic E-state index is -0.395. The van der Waals surface area contributed by atoms with Crippen LogP contribution in [0.2, 0.25) is 0 Å². The van der Waals surface area contributed by atoms with Crippen molar-refractivity contribution < 1.29 is 9.53 Å². The minimum Gasteiger partial charge on any atom is -0.383 e. The number of hydrogen-bond donors (Lipinski definition) is 2. The van der Waals surface area contributed by atoms with E-state index in [0.717, 1.165) is 12.1 Å². The summed E-state index contributed by atoms with van der Waals surface area (Å²) in [6, 6.07) is 7.28. The maximum Gasteiger partial charge on any atom is 0.248 e. The van der Waals surface area contributed by atoms with Crippen molar-refractivity contribution in [3.8, 4) is 0 Å². The molecule has 82 valence electrons. The molecule has 0 unspecified atom stereocenters. The lowest BCUT2D eigenvalue weighted by Crippen LogP contribution is -2.19. The van der Waals surface area contributed by atoms with Gasteiger partial charge in [-0.2, -0.15) is 0 Å². The van der Waals surface area contributed by atoms with Gasteiger partial charge >= 0.3 is 0 Å². The third kappa shape index (κ3) is 4.10. The summed E-state index contributed by atoms with van der Waals surface area (Å²) >= 11 is 0. The number of carbonyl (C=O) groups is 1. The Labute approximate surface area is 89.4 Å². The lowest BCUT2D eigenvalue weighted by Gasteiger charge is -2.05. The van der Waals surface area contributed by atoms with E-state index < -0.39 is 5.91 Å². The van der Waals surface area contributed by atoms with Gasteiger partial charge in [0.05, 0.1) is 6.61 Å². The summed E-state index contributed by atoms with van der Waals surface area (Å²) < 4.78 is 4.91. The Balaban J connectivity index is 2.47. The molecule has 1 aromatic rings. The first-order chi connectivity index (χ1) is 7.24. The molecule has 0 aromatic heterocycles. The molecule has 0 aliphatic heterocycles. The van der Waals surface area contributed by atoms with Crippen molar-refractivity contribution in [1.29, 1.82) is 0 Å². The highest BCUT2D eigenvalue weighted by Gasteiger charge is 2.00. The number of carbonyl (C=O) groups excluding carboxylic acids is 1. The summed E-state index contributed by atoms with van der Waals surface area (Å²) in [5, 5.41) is 3.19. The van der Waals surface area contributed by atoms with Gasteiger partial charge < -0.3 is 15.8 Å². The van der Waals surface area contributed by atoms with Gasteiger partial charge in [-0.3, -0.25) is 4.79 Å². The van der Waals surface area contributed by atoms with Gasteiger partial charge in [-0.05, 0) is 17.7 Å². The number of hydrogen-bond acceptors (Lipinski definition) is 3. The standard InChI is InChI=1S/C11H16N2O2/c1-15-6-5-13-8-9-3-2-4-10(7-9)11(12)14/h2-4,7,13H,5-6,8H2,1H3,(H2,12,14). The topological polar surface area (TPSA) is 64.3 Å². The Morgan fingerprint density at radius 1 is 1.53 bits per heavy atom. The first-order valence-corrected chi connectivity index (χ1v) is 4.82. The smallest absolute Gasteiger partial charge is 0.248 e. The van der Waals surface area contributed by atoms with Crippen molar-refractivity contribution in [1.82, 2.24) is 5.32 Å². The number of benzene rings is 1. The number of methoxy groups -OCH3 is 1. The van der Waals surface area contributed by atoms with E-state index in [2.05, 4.69) is 5.32 Å². The first-order valence-electron chi connectivity index (χ1n) is 4.82. The van der Waals surface area contributed by atoms with Crippen LogP contribution in [-0.4, -0.2) is 26.2 Å². The van der Waals surface area contributed by atoms with E-state index in [0.29, 0.717) is 18.7 Å². The summed E-state index contributed by atoms with van der Waals surface area (Å²) in [4.78, 5) is 10.9. The van der Waals surface area contributed by atoms with E-state index in [1.807, 2.05) is 12.1 Å². The molecule has 0 aliphatic rings. The molecule has 4 nitrogen and oxygen atoms in total. The van der Waals surface area contributed by atoms with Gasteiger partial charge in [0.25, 0.3) is 0 Å². The second-order valence-corrected chi connectivity index (χ2v) is 3.23. The number of amides is 1. The fourth-order valence-corrected chi connectivity index (χ4v) is 1.24. The molecule has 1 aromatic carbocycles. The van der Waals surface area contributed by atoms with E-state index in [9.17, 15) is 4.79 Å². The number of rotatable bonds is 6. The summed E-state index contributed by atoms with van der Waals surface area (Å²) in [5.41, 5.74) is 6.77. The number of ether oxygens (including phenoxy) is 1. The van der Waals surface area contributed by atoms with Crippen molar-refractivity contribution >= 4 is 5.91 Å². The fourth-order valence-electron chi connectivity index (χ4n) is 1.24. The monoisotopic (exact) mass is 208 g/mol. The summed E-state index contributed by atoms with van der Waals surface area (Å²) in [5.74, 6) is -0.395. The SMILES string of the molecule is COCCNCc1cccc(C(N)=O)c1. The fraction of sp³-hybridized carbons (Fsp3) is 0.364. The number of nitrogens with two attached hydrogens (primary N) is 1. The van der Waals surface area contributed by atoms with Crippen LogP contribution in [0.4, 0.5) is 0 Å². The molecule has 15 heavy (non-hydrogen) atoms. The van der Waals surface area contributed by atoms with Gasteiger partial charge in [-0.15, -0.1) is 0 Å². The van der Waals surface area contributed by atoms with Gasteiger partial charge in [0.15, 0.2) is 0 Å². The zero-order chi connectivity index (χ0) is 11.1. The van der Waals surface area contributed by atoms with Crippen molar-refractivity contribution in [3.63, 3.8) is 0 Å². The molecule has 0 saturated heterocycles. The molecule has 1 amide bonds. The molecule has 0 bridgehead atoms. The molecule has 0 spiro atoms. The van der Waals surface area contributed by atoms with Gasteiger partial charge in [0, 0.05) is 25.8 Å². The van der Waals surface area contributed by atoms with Crippen molar-refractivity contribution in [2.24, 2.45) is 5.73 Å². The van der Waals surface area contributed by atoms with Crippen LogP contribution in [-0.2, 0) is 11.3 Å². The molecule has 0 fully saturated rings. The molecule has 0 atom stereocenters. The van der Waals surface area contributed by atoms with Crippen LogP contribution in [0.25, 0.3) is 0 Å². The maximum absolute atomic E-state index is 10.9. The van der Waals surface area contributed by atoms with Gasteiger partial charge in [0.1, 0.15) is 0 Å². The molecule has 0 radical (unpaired) electrons. The van der Waals surface area contributed by atoms with E-state index in [1.165, 1.54) is 0 Å². The Morgan fingerprint density at radius 3 is 3.00 bits per heavy atom. The largest absolute Gasteiger partial charge is 0.383 e. The average Bonchev–Trinajstić information content (AvgIpc) is 2.25. The lowest BCUT2D eigenvalue weighted by molar-refractivity contribution is 0.1000. The zero-order valence-corrected chi connectivity index (χ0v) is 8.82. The quantitative estimate of drug-likeness (QED) is 0.670. The Morgan fingerprint density at radius 2 is 2.33 bits per heavy atom. The van der Waals surface area contributed by atoms with Gasteiger partial charge in [0.2, 0.25) is 5.91 Å². The van der Waals surface area contributed by atoms with Crippen LogP contribution < -0.4 is 11.1 Å². The summed E-state index contributed by atoms with van der Waals surface area (Å²) in [6.07, 6.45) is 0. The van der Waals surface area contributed by atoms with Gasteiger partial charge in [-0.25, -0.2) is 0 Å². The Kier molecular flexibility index (Phi) is 4.80. The van der Waals surface area contributed by atoms with Crippen LogP contribution in [0.3, 0.4) is 0 Å². The van der Waals surface area contributed by atoms with Crippen molar-refractivity contribution in [3.05, 3.63) is 35.4 Å². The van der Waals surface area contributed by atoms with Crippen LogP contribution in [0, 0.1) is 0 Å². The van der Waals surface area contributed by atoms with Crippen LogP contribution >= 0.6 is 0 Å². The minimum absolute atomic E-state index is 0.395. The third-order valence-electron chi connectivity index (χ3n) is 2.02. The number of primary amides is 1. The molecule has 1 rings (SSSR count). The normalized spacial score (nSPS) is 10.2. The molecular formula is C11H16N2O2. The predicted molar refractivity (Wildman–Crippen MR) is 58.5 cm³/mol. The highest BCUT2D eigenvalue weighted by Crippen LogP contribution is 2.04. The number of nitrogens with one attached hydrogen (secondary N) is 1. The van der Waals surface area contributed by atoms with E-state index in [1.54, 1.807) is 19.2 Å². The lowest BCUT2D eigenvalue weighted by atomic mass is 10.1. The van der Waals surface area contributed by atoms with Crippen molar-refractivity contribution in [2.45, 2.75) is 6.54 Å². The molecule has 0 aliphatic carbocycles. The van der Waals surface area contributed by atoms with Crippen LogP contribution in [0.1, 0.15) is 15.9 Å². The van der Waals surface area contributed by atoms with E-state index >= 15 is 0 Å². The highest BCUT2D eigenvalue weighted by atomic mass is 16.5. The van der Waals surface area contributed by atoms with E-state index in [4.69, 9.17) is 10.5 Å². The summed E-state index contributed by atoms with van der Waals surface area (Å²) in [7, 11) is 1.66. The predicted octanol–water partition coefficient (Wildman–Crippen LogP) is 0.521. The van der Waals surface area contributed by atoms with Gasteiger partial charge in [-0.1, -0.05) is 12.1 Å². The third-order valence-corrected chi connectivity index (χ3v) is 2.02. The van der Waals surface area contributed by atoms with Crippen LogP contribution in [0.15, 0.2) is 24.3 Å². The molecule has 0 saturated carbocycles. The molecule has 3 N–H and O–H groups in total. The highest BCUT2D eigenvalue weighted by molar-refractivity contribution is 5.92. The Hall–Kier alpha value is -1.39. The molecular weight excluding hydrogens is 192 g/mol. The Bertz CT molecular complexity index is 326. The van der Waals surface area contributed by atoms with Crippen LogP contribution in [0.5, 0.6) is 0 Å². The molecule has 0 heterocycles. The average molecular weight is 208 g/mol. The second kappa shape index (κ2) is 6.16. The maximum atomic E-state index is 10.9.